The van der Waals surface area contributed by atoms with Crippen LogP contribution in [0.15, 0.2) is 24.0 Å². The summed E-state index contributed by atoms with van der Waals surface area (Å²) >= 11 is 3.70. The first-order valence-corrected chi connectivity index (χ1v) is 13.0. The number of aromatic nitrogens is 3. The number of rotatable bonds is 3. The SMILES string of the molecule is CC1(C)OB(c2cc(F)c(-c3cnn(PI)c3)c3ncsc23)OC1(C)C. The number of hydrogen-bond acceptors (Lipinski definition) is 5. The normalized spacial score (nSPS) is 19.2. The summed E-state index contributed by atoms with van der Waals surface area (Å²) in [6.45, 7) is 7.95. The third-order valence-corrected chi connectivity index (χ3v) is 7.83. The highest BCUT2D eigenvalue weighted by molar-refractivity contribution is 14.2. The minimum Gasteiger partial charge on any atom is -0.399 e. The van der Waals surface area contributed by atoms with Gasteiger partial charge < -0.3 is 9.31 Å². The Morgan fingerprint density at radius 1 is 1.27 bits per heavy atom. The minimum atomic E-state index is -0.620. The Morgan fingerprint density at radius 2 is 1.96 bits per heavy atom. The molecule has 0 radical (unpaired) electrons. The van der Waals surface area contributed by atoms with Crippen LogP contribution in [0, 0.1) is 5.82 Å². The fourth-order valence-electron chi connectivity index (χ4n) is 2.93. The van der Waals surface area contributed by atoms with Crippen LogP contribution < -0.4 is 5.46 Å². The van der Waals surface area contributed by atoms with E-state index in [1.165, 1.54) is 17.4 Å². The Morgan fingerprint density at radius 3 is 2.58 bits per heavy atom. The summed E-state index contributed by atoms with van der Waals surface area (Å²) in [6, 6.07) is 1.52. The maximum Gasteiger partial charge on any atom is 0.496 e. The van der Waals surface area contributed by atoms with E-state index in [-0.39, 0.29) is 5.82 Å². The van der Waals surface area contributed by atoms with Gasteiger partial charge in [-0.1, -0.05) is 0 Å². The predicted octanol–water partition coefficient (Wildman–Crippen LogP) is 4.39. The molecule has 1 aliphatic rings. The Hall–Kier alpha value is -0.605. The van der Waals surface area contributed by atoms with Gasteiger partial charge in [0.2, 0.25) is 0 Å². The lowest BCUT2D eigenvalue weighted by Gasteiger charge is -2.32. The lowest BCUT2D eigenvalue weighted by atomic mass is 9.78. The molecule has 0 N–H and O–H groups in total. The highest BCUT2D eigenvalue weighted by Crippen LogP contribution is 2.39. The van der Waals surface area contributed by atoms with Gasteiger partial charge in [-0.15, -0.1) is 11.3 Å². The molecule has 0 spiro atoms. The van der Waals surface area contributed by atoms with E-state index in [1.807, 2.05) is 33.9 Å². The average molecular weight is 503 g/mol. The number of nitrogens with zero attached hydrogens (tertiary/aromatic N) is 3. The molecule has 0 saturated carbocycles. The van der Waals surface area contributed by atoms with Gasteiger partial charge in [0, 0.05) is 22.8 Å². The van der Waals surface area contributed by atoms with Gasteiger partial charge in [0.15, 0.2) is 0 Å². The number of hydrogen-bond donors (Lipinski definition) is 0. The number of fused-ring (bicyclic) bond motifs is 1. The van der Waals surface area contributed by atoms with Gasteiger partial charge in [-0.3, -0.25) is 0 Å². The quantitative estimate of drug-likeness (QED) is 0.303. The Balaban J connectivity index is 1.85. The van der Waals surface area contributed by atoms with Crippen molar-refractivity contribution in [2.75, 3.05) is 0 Å². The summed E-state index contributed by atoms with van der Waals surface area (Å²) in [4.78, 5) is 4.43. The molecule has 1 aliphatic heterocycles. The Labute approximate surface area is 170 Å². The second-order valence-electron chi connectivity index (χ2n) is 7.20. The van der Waals surface area contributed by atoms with Gasteiger partial charge in [-0.05, 0) is 55.8 Å². The monoisotopic (exact) mass is 503 g/mol. The molecule has 2 aromatic heterocycles. The molecule has 1 unspecified atom stereocenters. The molecule has 5 nitrogen and oxygen atoms in total. The van der Waals surface area contributed by atoms with Crippen molar-refractivity contribution in [3.63, 3.8) is 0 Å². The van der Waals surface area contributed by atoms with E-state index in [9.17, 15) is 0 Å². The zero-order valence-electron chi connectivity index (χ0n) is 14.7. The van der Waals surface area contributed by atoms with Crippen LogP contribution >= 0.6 is 39.8 Å². The summed E-state index contributed by atoms with van der Waals surface area (Å²) in [7, 11) is -0.620. The third kappa shape index (κ3) is 2.92. The van der Waals surface area contributed by atoms with Crippen molar-refractivity contribution in [2.24, 2.45) is 0 Å². The Kier molecular flexibility index (Phi) is 4.67. The molecule has 1 saturated heterocycles. The average Bonchev–Trinajstić information content (AvgIpc) is 3.25. The van der Waals surface area contributed by atoms with Crippen LogP contribution in [0.3, 0.4) is 0 Å². The fraction of sp³-hybridized carbons (Fsp3) is 0.375. The summed E-state index contributed by atoms with van der Waals surface area (Å²) in [5.41, 5.74) is 3.28. The molecule has 0 bridgehead atoms. The fourth-order valence-corrected chi connectivity index (χ4v) is 4.84. The van der Waals surface area contributed by atoms with Crippen LogP contribution in [0.4, 0.5) is 4.39 Å². The third-order valence-electron chi connectivity index (χ3n) is 5.05. The van der Waals surface area contributed by atoms with Gasteiger partial charge in [0.05, 0.1) is 39.5 Å². The van der Waals surface area contributed by atoms with Gasteiger partial charge >= 0.3 is 7.12 Å². The van der Waals surface area contributed by atoms with E-state index in [1.54, 1.807) is 16.2 Å². The minimum absolute atomic E-state index is 0.343. The van der Waals surface area contributed by atoms with Gasteiger partial charge in [0.25, 0.3) is 0 Å². The van der Waals surface area contributed by atoms with Crippen LogP contribution in [0.5, 0.6) is 0 Å². The maximum absolute atomic E-state index is 15.1. The molecule has 1 aromatic carbocycles. The second kappa shape index (κ2) is 6.48. The second-order valence-corrected chi connectivity index (χ2v) is 10.1. The summed E-state index contributed by atoms with van der Waals surface area (Å²) < 4.78 is 30.0. The van der Waals surface area contributed by atoms with Crippen molar-refractivity contribution in [1.29, 1.82) is 0 Å². The number of halogens is 2. The maximum atomic E-state index is 15.1. The van der Waals surface area contributed by atoms with E-state index < -0.39 is 18.3 Å². The van der Waals surface area contributed by atoms with Crippen molar-refractivity contribution in [3.8, 4) is 11.1 Å². The van der Waals surface area contributed by atoms with E-state index in [2.05, 4.69) is 32.1 Å². The van der Waals surface area contributed by atoms with Crippen LogP contribution in [0.1, 0.15) is 27.7 Å². The first kappa shape index (κ1) is 18.7. The lowest BCUT2D eigenvalue weighted by molar-refractivity contribution is 0.00578. The molecule has 26 heavy (non-hydrogen) atoms. The largest absolute Gasteiger partial charge is 0.496 e. The predicted molar refractivity (Wildman–Crippen MR) is 114 cm³/mol. The summed E-state index contributed by atoms with van der Waals surface area (Å²) in [5, 5.41) is 4.26. The number of thiazole rings is 1. The summed E-state index contributed by atoms with van der Waals surface area (Å²) in [5.74, 6) is -0.343. The summed E-state index contributed by atoms with van der Waals surface area (Å²) in [6.07, 6.45) is 3.98. The molecule has 136 valence electrons. The highest BCUT2D eigenvalue weighted by atomic mass is 127. The van der Waals surface area contributed by atoms with Crippen molar-refractivity contribution in [2.45, 2.75) is 38.9 Å². The van der Waals surface area contributed by atoms with Crippen molar-refractivity contribution in [1.82, 2.24) is 14.5 Å². The van der Waals surface area contributed by atoms with E-state index in [4.69, 9.17) is 9.31 Å². The van der Waals surface area contributed by atoms with Crippen LogP contribution in [0.25, 0.3) is 21.3 Å². The lowest BCUT2D eigenvalue weighted by Crippen LogP contribution is -2.41. The van der Waals surface area contributed by atoms with Crippen molar-refractivity contribution in [3.05, 3.63) is 29.8 Å². The first-order valence-electron chi connectivity index (χ1n) is 8.06. The van der Waals surface area contributed by atoms with Crippen LogP contribution in [-0.2, 0) is 9.31 Å². The van der Waals surface area contributed by atoms with E-state index in [0.717, 1.165) is 10.3 Å². The Bertz CT molecular complexity index is 977. The van der Waals surface area contributed by atoms with Crippen LogP contribution in [-0.4, -0.2) is 32.9 Å². The molecule has 10 heteroatoms. The zero-order chi connectivity index (χ0) is 18.7. The molecule has 1 atom stereocenters. The molecule has 0 amide bonds. The van der Waals surface area contributed by atoms with Gasteiger partial charge in [-0.2, -0.15) is 5.10 Å². The topological polar surface area (TPSA) is 49.2 Å². The van der Waals surface area contributed by atoms with Crippen LogP contribution in [0.2, 0.25) is 0 Å². The molecular weight excluding hydrogens is 486 g/mol. The highest BCUT2D eigenvalue weighted by Gasteiger charge is 2.52. The molecule has 1 fully saturated rings. The van der Waals surface area contributed by atoms with E-state index >= 15 is 4.39 Å². The molecule has 4 rings (SSSR count). The first-order chi connectivity index (χ1) is 12.2. The van der Waals surface area contributed by atoms with Gasteiger partial charge in [0.1, 0.15) is 5.82 Å². The smallest absolute Gasteiger partial charge is 0.399 e. The van der Waals surface area contributed by atoms with Crippen molar-refractivity contribution < 1.29 is 13.7 Å². The molecule has 3 heterocycles. The van der Waals surface area contributed by atoms with Crippen molar-refractivity contribution >= 4 is 62.5 Å². The standard InChI is InChI=1S/C16H17BFIN3O2PS/c1-15(2)16(3,4)24-17(23-15)10-5-11(18)12(13-14(10)26-8-20-13)9-6-21-22(7-9)25-19/h5-8,25H,1-4H3. The zero-order valence-corrected chi connectivity index (χ0v) is 18.7. The number of benzene rings is 1. The van der Waals surface area contributed by atoms with Gasteiger partial charge in [-0.25, -0.2) is 13.8 Å². The van der Waals surface area contributed by atoms with E-state index in [0.29, 0.717) is 22.9 Å². The molecule has 0 aliphatic carbocycles. The molecule has 3 aromatic rings. The molecular formula is C16H17BFIN3O2PS.